The molecular weight excluding hydrogens is 270 g/mol. The van der Waals surface area contributed by atoms with Crippen molar-refractivity contribution in [1.82, 2.24) is 0 Å². The summed E-state index contributed by atoms with van der Waals surface area (Å²) in [5, 5.41) is 4.43. The highest BCUT2D eigenvalue weighted by molar-refractivity contribution is 6.32. The van der Waals surface area contributed by atoms with Crippen LogP contribution >= 0.6 is 11.6 Å². The monoisotopic (exact) mass is 293 g/mol. The van der Waals surface area contributed by atoms with E-state index in [0.717, 1.165) is 17.4 Å². The summed E-state index contributed by atoms with van der Waals surface area (Å²) in [7, 11) is 1.66. The number of fused-ring (bicyclic) bond motifs is 2. The van der Waals surface area contributed by atoms with Crippen LogP contribution in [0.5, 0.6) is 5.75 Å². The molecule has 20 heavy (non-hydrogen) atoms. The molecule has 110 valence electrons. The Morgan fingerprint density at radius 2 is 2.05 bits per heavy atom. The summed E-state index contributed by atoms with van der Waals surface area (Å²) in [6, 6.07) is 6.48. The van der Waals surface area contributed by atoms with E-state index in [2.05, 4.69) is 32.2 Å². The summed E-state index contributed by atoms with van der Waals surface area (Å²) in [5.41, 5.74) is 1.87. The number of hydrogen-bond acceptors (Lipinski definition) is 2. The van der Waals surface area contributed by atoms with E-state index < -0.39 is 0 Å². The maximum Gasteiger partial charge on any atom is 0.139 e. The van der Waals surface area contributed by atoms with Crippen LogP contribution in [0.25, 0.3) is 0 Å². The third kappa shape index (κ3) is 2.00. The van der Waals surface area contributed by atoms with Crippen molar-refractivity contribution in [3.8, 4) is 5.75 Å². The SMILES string of the molecule is COc1cc(NC2C(C)(C)[C@H]3CC[C@]2(C)C3)ccc1Cl. The van der Waals surface area contributed by atoms with Crippen molar-refractivity contribution in [2.45, 2.75) is 46.1 Å². The molecule has 2 bridgehead atoms. The van der Waals surface area contributed by atoms with Gasteiger partial charge in [0.25, 0.3) is 0 Å². The van der Waals surface area contributed by atoms with Crippen molar-refractivity contribution in [2.75, 3.05) is 12.4 Å². The molecule has 0 heterocycles. The molecule has 1 aromatic carbocycles. The predicted molar refractivity (Wildman–Crippen MR) is 84.6 cm³/mol. The third-order valence-corrected chi connectivity index (χ3v) is 6.04. The number of halogens is 1. The number of hydrogen-bond donors (Lipinski definition) is 1. The standard InChI is InChI=1S/C17H24ClNO/c1-16(2)11-7-8-17(3,10-11)15(16)19-12-5-6-13(18)14(9-12)20-4/h5-6,9,11,15,19H,7-8,10H2,1-4H3/t11-,15?,17+/m0/s1. The third-order valence-electron chi connectivity index (χ3n) is 5.73. The van der Waals surface area contributed by atoms with Crippen molar-refractivity contribution in [2.24, 2.45) is 16.7 Å². The first-order valence-corrected chi connectivity index (χ1v) is 7.85. The molecule has 2 nitrogen and oxygen atoms in total. The molecule has 1 unspecified atom stereocenters. The van der Waals surface area contributed by atoms with Crippen molar-refractivity contribution < 1.29 is 4.74 Å². The molecule has 3 heteroatoms. The number of rotatable bonds is 3. The predicted octanol–water partition coefficient (Wildman–Crippen LogP) is 4.98. The molecule has 2 saturated carbocycles. The maximum atomic E-state index is 6.11. The van der Waals surface area contributed by atoms with Crippen LogP contribution in [-0.4, -0.2) is 13.2 Å². The highest BCUT2D eigenvalue weighted by Gasteiger charge is 2.59. The lowest BCUT2D eigenvalue weighted by atomic mass is 9.68. The van der Waals surface area contributed by atoms with E-state index in [1.807, 2.05) is 12.1 Å². The summed E-state index contributed by atoms with van der Waals surface area (Å²) in [4.78, 5) is 0. The van der Waals surface area contributed by atoms with Crippen LogP contribution in [0, 0.1) is 16.7 Å². The zero-order valence-corrected chi connectivity index (χ0v) is 13.6. The van der Waals surface area contributed by atoms with Crippen LogP contribution in [0.15, 0.2) is 18.2 Å². The normalized spacial score (nSPS) is 34.2. The number of benzene rings is 1. The number of anilines is 1. The Kier molecular flexibility index (Phi) is 3.20. The van der Waals surface area contributed by atoms with Gasteiger partial charge in [0, 0.05) is 17.8 Å². The minimum atomic E-state index is 0.347. The lowest BCUT2D eigenvalue weighted by Gasteiger charge is -2.43. The van der Waals surface area contributed by atoms with Gasteiger partial charge in [-0.2, -0.15) is 0 Å². The Balaban J connectivity index is 1.87. The van der Waals surface area contributed by atoms with E-state index >= 15 is 0 Å². The Morgan fingerprint density at radius 3 is 2.65 bits per heavy atom. The zero-order chi connectivity index (χ0) is 14.5. The number of nitrogens with one attached hydrogen (secondary N) is 1. The van der Waals surface area contributed by atoms with E-state index in [1.165, 1.54) is 19.3 Å². The van der Waals surface area contributed by atoms with Gasteiger partial charge in [-0.15, -0.1) is 0 Å². The second kappa shape index (κ2) is 4.56. The summed E-state index contributed by atoms with van der Waals surface area (Å²) in [6.45, 7) is 7.26. The number of methoxy groups -OCH3 is 1. The van der Waals surface area contributed by atoms with E-state index in [1.54, 1.807) is 7.11 Å². The van der Waals surface area contributed by atoms with Gasteiger partial charge in [0.2, 0.25) is 0 Å². The molecule has 1 N–H and O–H groups in total. The van der Waals surface area contributed by atoms with Crippen molar-refractivity contribution in [3.05, 3.63) is 23.2 Å². The highest BCUT2D eigenvalue weighted by Crippen LogP contribution is 2.63. The average Bonchev–Trinajstić information content (AvgIpc) is 2.87. The summed E-state index contributed by atoms with van der Waals surface area (Å²) < 4.78 is 5.32. The second-order valence-corrected chi connectivity index (χ2v) is 7.75. The van der Waals surface area contributed by atoms with Crippen molar-refractivity contribution >= 4 is 17.3 Å². The smallest absolute Gasteiger partial charge is 0.139 e. The lowest BCUT2D eigenvalue weighted by Crippen LogP contribution is -2.45. The van der Waals surface area contributed by atoms with Crippen LogP contribution in [-0.2, 0) is 0 Å². The van der Waals surface area contributed by atoms with Gasteiger partial charge in [0.15, 0.2) is 0 Å². The van der Waals surface area contributed by atoms with E-state index in [4.69, 9.17) is 16.3 Å². The average molecular weight is 294 g/mol. The van der Waals surface area contributed by atoms with Crippen LogP contribution in [0.3, 0.4) is 0 Å². The molecule has 0 aromatic heterocycles. The summed E-state index contributed by atoms with van der Waals surface area (Å²) in [6.07, 6.45) is 4.07. The molecule has 0 saturated heterocycles. The Bertz CT molecular complexity index is 523. The molecule has 1 aromatic rings. The fourth-order valence-electron chi connectivity index (χ4n) is 4.58. The van der Waals surface area contributed by atoms with Crippen LogP contribution in [0.2, 0.25) is 5.02 Å². The first-order valence-electron chi connectivity index (χ1n) is 7.47. The van der Waals surface area contributed by atoms with Gasteiger partial charge >= 0.3 is 0 Å². The van der Waals surface area contributed by atoms with Gasteiger partial charge in [-0.1, -0.05) is 32.4 Å². The van der Waals surface area contributed by atoms with Crippen LogP contribution in [0.4, 0.5) is 5.69 Å². The van der Waals surface area contributed by atoms with Gasteiger partial charge in [-0.05, 0) is 48.1 Å². The summed E-state index contributed by atoms with van der Waals surface area (Å²) in [5.74, 6) is 1.59. The van der Waals surface area contributed by atoms with Gasteiger partial charge in [0.05, 0.1) is 12.1 Å². The van der Waals surface area contributed by atoms with Gasteiger partial charge in [-0.25, -0.2) is 0 Å². The zero-order valence-electron chi connectivity index (χ0n) is 12.8. The quantitative estimate of drug-likeness (QED) is 0.849. The molecule has 0 spiro atoms. The fraction of sp³-hybridized carbons (Fsp3) is 0.647. The van der Waals surface area contributed by atoms with Gasteiger partial charge in [0.1, 0.15) is 5.75 Å². The topological polar surface area (TPSA) is 21.3 Å². The molecule has 3 rings (SSSR count). The summed E-state index contributed by atoms with van der Waals surface area (Å²) >= 11 is 6.11. The van der Waals surface area contributed by atoms with E-state index in [0.29, 0.717) is 21.9 Å². The molecular formula is C17H24ClNO. The Hall–Kier alpha value is -0.890. The number of ether oxygens (including phenoxy) is 1. The minimum Gasteiger partial charge on any atom is -0.495 e. The van der Waals surface area contributed by atoms with E-state index in [-0.39, 0.29) is 0 Å². The maximum absolute atomic E-state index is 6.11. The van der Waals surface area contributed by atoms with Crippen molar-refractivity contribution in [3.63, 3.8) is 0 Å². The van der Waals surface area contributed by atoms with Crippen LogP contribution in [0.1, 0.15) is 40.0 Å². The highest BCUT2D eigenvalue weighted by atomic mass is 35.5. The second-order valence-electron chi connectivity index (χ2n) is 7.34. The first-order chi connectivity index (χ1) is 9.37. The minimum absolute atomic E-state index is 0.347. The lowest BCUT2D eigenvalue weighted by molar-refractivity contribution is 0.155. The first kappa shape index (κ1) is 14.1. The molecule has 0 radical (unpaired) electrons. The molecule has 3 atom stereocenters. The molecule has 0 amide bonds. The van der Waals surface area contributed by atoms with Gasteiger partial charge < -0.3 is 10.1 Å². The Morgan fingerprint density at radius 1 is 1.30 bits per heavy atom. The molecule has 2 fully saturated rings. The molecule has 2 aliphatic rings. The van der Waals surface area contributed by atoms with E-state index in [9.17, 15) is 0 Å². The van der Waals surface area contributed by atoms with Gasteiger partial charge in [-0.3, -0.25) is 0 Å². The Labute approximate surface area is 126 Å². The molecule has 0 aliphatic heterocycles. The van der Waals surface area contributed by atoms with Crippen molar-refractivity contribution in [1.29, 1.82) is 0 Å². The van der Waals surface area contributed by atoms with Crippen LogP contribution < -0.4 is 10.1 Å². The molecule has 2 aliphatic carbocycles. The largest absolute Gasteiger partial charge is 0.495 e. The fourth-order valence-corrected chi connectivity index (χ4v) is 4.77.